The summed E-state index contributed by atoms with van der Waals surface area (Å²) in [5.41, 5.74) is 5.80. The van der Waals surface area contributed by atoms with Crippen molar-refractivity contribution < 1.29 is 4.42 Å². The molecule has 0 amide bonds. The summed E-state index contributed by atoms with van der Waals surface area (Å²) in [5, 5.41) is 0. The highest BCUT2D eigenvalue weighted by molar-refractivity contribution is 5.05. The quantitative estimate of drug-likeness (QED) is 0.774. The van der Waals surface area contributed by atoms with Crippen LogP contribution in [0.5, 0.6) is 0 Å². The Kier molecular flexibility index (Phi) is 5.56. The third kappa shape index (κ3) is 3.99. The minimum Gasteiger partial charge on any atom is -0.465 e. The summed E-state index contributed by atoms with van der Waals surface area (Å²) in [7, 11) is 2.12. The van der Waals surface area contributed by atoms with Gasteiger partial charge in [0, 0.05) is 12.6 Å². The number of aryl methyl sites for hydroxylation is 1. The Bertz CT molecular complexity index is 296. The van der Waals surface area contributed by atoms with Gasteiger partial charge in [-0.3, -0.25) is 4.90 Å². The smallest absolute Gasteiger partial charge is 0.118 e. The molecule has 0 aliphatic carbocycles. The van der Waals surface area contributed by atoms with Gasteiger partial charge in [-0.2, -0.15) is 0 Å². The van der Waals surface area contributed by atoms with Gasteiger partial charge >= 0.3 is 0 Å². The second-order valence-corrected chi connectivity index (χ2v) is 4.46. The zero-order chi connectivity index (χ0) is 12.0. The fourth-order valence-corrected chi connectivity index (χ4v) is 1.90. The lowest BCUT2D eigenvalue weighted by molar-refractivity contribution is 0.207. The molecule has 2 N–H and O–H groups in total. The molecule has 0 spiro atoms. The van der Waals surface area contributed by atoms with Crippen LogP contribution in [0, 0.1) is 6.92 Å². The molecule has 1 atom stereocenters. The molecule has 1 unspecified atom stereocenters. The summed E-state index contributed by atoms with van der Waals surface area (Å²) in [4.78, 5) is 2.29. The van der Waals surface area contributed by atoms with Crippen molar-refractivity contribution in [3.05, 3.63) is 23.7 Å². The van der Waals surface area contributed by atoms with Gasteiger partial charge in [0.05, 0.1) is 6.54 Å². The van der Waals surface area contributed by atoms with Gasteiger partial charge in [-0.15, -0.1) is 0 Å². The zero-order valence-corrected chi connectivity index (χ0v) is 10.7. The van der Waals surface area contributed by atoms with Crippen LogP contribution in [0.4, 0.5) is 0 Å². The van der Waals surface area contributed by atoms with E-state index >= 15 is 0 Å². The van der Waals surface area contributed by atoms with E-state index in [2.05, 4.69) is 18.9 Å². The Balaban J connectivity index is 2.45. The fraction of sp³-hybridized carbons (Fsp3) is 0.692. The lowest BCUT2D eigenvalue weighted by atomic mass is 10.1. The first kappa shape index (κ1) is 13.3. The van der Waals surface area contributed by atoms with Crippen LogP contribution >= 0.6 is 0 Å². The van der Waals surface area contributed by atoms with Crippen molar-refractivity contribution in [1.82, 2.24) is 4.90 Å². The van der Waals surface area contributed by atoms with Gasteiger partial charge in [-0.1, -0.05) is 19.8 Å². The van der Waals surface area contributed by atoms with Crippen molar-refractivity contribution in [3.8, 4) is 0 Å². The van der Waals surface area contributed by atoms with Crippen LogP contribution < -0.4 is 5.73 Å². The monoisotopic (exact) mass is 224 g/mol. The van der Waals surface area contributed by atoms with Crippen molar-refractivity contribution in [2.24, 2.45) is 5.73 Å². The maximum atomic E-state index is 5.80. The summed E-state index contributed by atoms with van der Waals surface area (Å²) in [6, 6.07) is 4.51. The maximum Gasteiger partial charge on any atom is 0.118 e. The molecule has 0 aromatic carbocycles. The first-order valence-electron chi connectivity index (χ1n) is 6.13. The van der Waals surface area contributed by atoms with E-state index in [-0.39, 0.29) is 0 Å². The van der Waals surface area contributed by atoms with Crippen molar-refractivity contribution in [2.45, 2.75) is 45.7 Å². The Morgan fingerprint density at radius 1 is 1.44 bits per heavy atom. The van der Waals surface area contributed by atoms with Crippen molar-refractivity contribution in [3.63, 3.8) is 0 Å². The largest absolute Gasteiger partial charge is 0.465 e. The lowest BCUT2D eigenvalue weighted by Gasteiger charge is -2.25. The van der Waals surface area contributed by atoms with E-state index < -0.39 is 0 Å². The van der Waals surface area contributed by atoms with E-state index in [1.54, 1.807) is 0 Å². The van der Waals surface area contributed by atoms with Gasteiger partial charge in [-0.05, 0) is 32.5 Å². The standard InChI is InChI=1S/C13H24N2O/c1-4-5-6-12(9-14)15(3)10-13-8-7-11(2)16-13/h7-8,12H,4-6,9-10,14H2,1-3H3. The molecule has 0 aliphatic heterocycles. The second-order valence-electron chi connectivity index (χ2n) is 4.46. The van der Waals surface area contributed by atoms with E-state index in [0.29, 0.717) is 6.04 Å². The number of nitrogens with zero attached hydrogens (tertiary/aromatic N) is 1. The number of hydrogen-bond acceptors (Lipinski definition) is 3. The summed E-state index contributed by atoms with van der Waals surface area (Å²) >= 11 is 0. The highest BCUT2D eigenvalue weighted by atomic mass is 16.3. The molecule has 1 aromatic heterocycles. The van der Waals surface area contributed by atoms with E-state index in [9.17, 15) is 0 Å². The zero-order valence-electron chi connectivity index (χ0n) is 10.7. The molecule has 0 saturated heterocycles. The number of unbranched alkanes of at least 4 members (excludes halogenated alkanes) is 1. The van der Waals surface area contributed by atoms with Crippen molar-refractivity contribution in [1.29, 1.82) is 0 Å². The highest BCUT2D eigenvalue weighted by Gasteiger charge is 2.13. The Morgan fingerprint density at radius 3 is 2.69 bits per heavy atom. The molecule has 0 bridgehead atoms. The second kappa shape index (κ2) is 6.71. The summed E-state index contributed by atoms with van der Waals surface area (Å²) in [6.07, 6.45) is 3.64. The van der Waals surface area contributed by atoms with Crippen molar-refractivity contribution in [2.75, 3.05) is 13.6 Å². The molecule has 1 rings (SSSR count). The molecule has 16 heavy (non-hydrogen) atoms. The molecule has 0 radical (unpaired) electrons. The number of hydrogen-bond donors (Lipinski definition) is 1. The van der Waals surface area contributed by atoms with Crippen LogP contribution in [0.15, 0.2) is 16.5 Å². The van der Waals surface area contributed by atoms with Crippen LogP contribution in [0.2, 0.25) is 0 Å². The van der Waals surface area contributed by atoms with Gasteiger partial charge < -0.3 is 10.2 Å². The van der Waals surface area contributed by atoms with E-state index in [1.807, 2.05) is 19.1 Å². The molecule has 1 aromatic rings. The van der Waals surface area contributed by atoms with Gasteiger partial charge in [0.1, 0.15) is 11.5 Å². The van der Waals surface area contributed by atoms with Crippen molar-refractivity contribution >= 4 is 0 Å². The maximum absolute atomic E-state index is 5.80. The topological polar surface area (TPSA) is 42.4 Å². The first-order valence-corrected chi connectivity index (χ1v) is 6.13. The Morgan fingerprint density at radius 2 is 2.19 bits per heavy atom. The van der Waals surface area contributed by atoms with Crippen LogP contribution in [0.25, 0.3) is 0 Å². The van der Waals surface area contributed by atoms with Gasteiger partial charge in [0.15, 0.2) is 0 Å². The van der Waals surface area contributed by atoms with Gasteiger partial charge in [0.2, 0.25) is 0 Å². The van der Waals surface area contributed by atoms with Crippen LogP contribution in [0.1, 0.15) is 37.7 Å². The summed E-state index contributed by atoms with van der Waals surface area (Å²) < 4.78 is 5.57. The molecule has 1 heterocycles. The number of nitrogens with two attached hydrogens (primary N) is 1. The third-order valence-electron chi connectivity index (χ3n) is 2.99. The molecule has 0 saturated carbocycles. The Labute approximate surface area is 98.6 Å². The highest BCUT2D eigenvalue weighted by Crippen LogP contribution is 2.13. The third-order valence-corrected chi connectivity index (χ3v) is 2.99. The molecular weight excluding hydrogens is 200 g/mol. The van der Waals surface area contributed by atoms with E-state index in [0.717, 1.165) is 24.6 Å². The van der Waals surface area contributed by atoms with Crippen LogP contribution in [0.3, 0.4) is 0 Å². The molecule has 0 aliphatic rings. The molecular formula is C13H24N2O. The van der Waals surface area contributed by atoms with E-state index in [4.69, 9.17) is 10.2 Å². The van der Waals surface area contributed by atoms with Crippen LogP contribution in [-0.4, -0.2) is 24.5 Å². The fourth-order valence-electron chi connectivity index (χ4n) is 1.90. The predicted octanol–water partition coefficient (Wildman–Crippen LogP) is 2.54. The molecule has 0 fully saturated rings. The lowest BCUT2D eigenvalue weighted by Crippen LogP contribution is -2.37. The normalized spacial score (nSPS) is 13.3. The van der Waals surface area contributed by atoms with Gasteiger partial charge in [0.25, 0.3) is 0 Å². The average Bonchev–Trinajstić information content (AvgIpc) is 2.65. The first-order chi connectivity index (χ1) is 7.67. The van der Waals surface area contributed by atoms with E-state index in [1.165, 1.54) is 19.3 Å². The number of likely N-dealkylation sites (N-methyl/N-ethyl adjacent to an activating group) is 1. The van der Waals surface area contributed by atoms with Crippen LogP contribution in [-0.2, 0) is 6.54 Å². The minimum atomic E-state index is 0.463. The number of rotatable bonds is 7. The summed E-state index contributed by atoms with van der Waals surface area (Å²) in [5.74, 6) is 2.00. The molecule has 3 heteroatoms. The summed E-state index contributed by atoms with van der Waals surface area (Å²) in [6.45, 7) is 5.75. The SMILES string of the molecule is CCCCC(CN)N(C)Cc1ccc(C)o1. The van der Waals surface area contributed by atoms with Gasteiger partial charge in [-0.25, -0.2) is 0 Å². The minimum absolute atomic E-state index is 0.463. The molecule has 3 nitrogen and oxygen atoms in total. The average molecular weight is 224 g/mol. The Hall–Kier alpha value is -0.800. The number of furan rings is 1. The predicted molar refractivity (Wildman–Crippen MR) is 67.3 cm³/mol. The molecule has 92 valence electrons.